The standard InChI is InChI=1S/C23H23FN2O3/c24-17-4-1-14(2-5-17)18-12-26(21-15-7-9-25(10-8-15)22(18)21)23(27)16-3-6-19-20(11-16)29-13-28-19/h1-6,11,15,18,21-22H,7-10,12-13H2/t18-,21+,22+/m0/s1. The molecule has 5 aliphatic heterocycles. The quantitative estimate of drug-likeness (QED) is 0.784. The molecule has 1 amide bonds. The minimum atomic E-state index is -0.220. The molecule has 0 saturated carbocycles. The lowest BCUT2D eigenvalue weighted by Gasteiger charge is -2.51. The van der Waals surface area contributed by atoms with Crippen LogP contribution in [0.1, 0.15) is 34.7 Å². The molecule has 2 aromatic carbocycles. The van der Waals surface area contributed by atoms with Gasteiger partial charge >= 0.3 is 0 Å². The highest BCUT2D eigenvalue weighted by Gasteiger charge is 2.54. The van der Waals surface area contributed by atoms with Crippen molar-refractivity contribution in [1.29, 1.82) is 0 Å². The lowest BCUT2D eigenvalue weighted by molar-refractivity contribution is -0.00341. The van der Waals surface area contributed by atoms with Crippen molar-refractivity contribution >= 4 is 5.91 Å². The molecule has 0 unspecified atom stereocenters. The van der Waals surface area contributed by atoms with Gasteiger partial charge in [-0.05, 0) is 67.7 Å². The van der Waals surface area contributed by atoms with Gasteiger partial charge in [-0.2, -0.15) is 0 Å². The van der Waals surface area contributed by atoms with Crippen LogP contribution < -0.4 is 9.47 Å². The number of hydrogen-bond acceptors (Lipinski definition) is 4. The highest BCUT2D eigenvalue weighted by Crippen LogP contribution is 2.47. The number of rotatable bonds is 2. The van der Waals surface area contributed by atoms with E-state index in [9.17, 15) is 9.18 Å². The van der Waals surface area contributed by atoms with E-state index in [1.54, 1.807) is 6.07 Å². The van der Waals surface area contributed by atoms with Gasteiger partial charge in [0.15, 0.2) is 11.5 Å². The lowest BCUT2D eigenvalue weighted by Crippen LogP contribution is -2.60. The number of benzene rings is 2. The van der Waals surface area contributed by atoms with Gasteiger partial charge in [-0.15, -0.1) is 0 Å². The molecule has 2 aromatic rings. The third-order valence-electron chi connectivity index (χ3n) is 7.17. The van der Waals surface area contributed by atoms with E-state index in [0.717, 1.165) is 31.5 Å². The number of carbonyl (C=O) groups is 1. The van der Waals surface area contributed by atoms with Crippen molar-refractivity contribution in [2.75, 3.05) is 26.4 Å². The van der Waals surface area contributed by atoms with Crippen molar-refractivity contribution in [3.8, 4) is 11.5 Å². The van der Waals surface area contributed by atoms with Gasteiger partial charge in [0.2, 0.25) is 6.79 Å². The van der Waals surface area contributed by atoms with Gasteiger partial charge in [-0.3, -0.25) is 9.69 Å². The molecule has 0 radical (unpaired) electrons. The van der Waals surface area contributed by atoms with Crippen molar-refractivity contribution in [2.24, 2.45) is 5.92 Å². The zero-order valence-corrected chi connectivity index (χ0v) is 16.1. The normalized spacial score (nSPS) is 31.8. The molecule has 0 spiro atoms. The monoisotopic (exact) mass is 394 g/mol. The van der Waals surface area contributed by atoms with Crippen LogP contribution in [-0.2, 0) is 0 Å². The van der Waals surface area contributed by atoms with Gasteiger partial charge in [0, 0.05) is 24.1 Å². The molecule has 2 bridgehead atoms. The summed E-state index contributed by atoms with van der Waals surface area (Å²) in [4.78, 5) is 18.2. The number of piperidine rings is 3. The fraction of sp³-hybridized carbons (Fsp3) is 0.435. The second-order valence-electron chi connectivity index (χ2n) is 8.54. The maximum atomic E-state index is 13.6. The number of carbonyl (C=O) groups excluding carboxylic acids is 1. The summed E-state index contributed by atoms with van der Waals surface area (Å²) >= 11 is 0. The van der Waals surface area contributed by atoms with Gasteiger partial charge in [0.05, 0.1) is 6.04 Å². The third-order valence-corrected chi connectivity index (χ3v) is 7.17. The molecule has 3 atom stereocenters. The average molecular weight is 394 g/mol. The van der Waals surface area contributed by atoms with E-state index in [0.29, 0.717) is 35.6 Å². The first kappa shape index (κ1) is 17.3. The van der Waals surface area contributed by atoms with Gasteiger partial charge < -0.3 is 14.4 Å². The molecular weight excluding hydrogens is 371 g/mol. The van der Waals surface area contributed by atoms with Gasteiger partial charge in [-0.25, -0.2) is 4.39 Å². The number of amides is 1. The Balaban J connectivity index is 1.36. The average Bonchev–Trinajstić information content (AvgIpc) is 3.40. The minimum Gasteiger partial charge on any atom is -0.454 e. The van der Waals surface area contributed by atoms with E-state index in [1.807, 2.05) is 24.3 Å². The zero-order chi connectivity index (χ0) is 19.5. The van der Waals surface area contributed by atoms with Crippen LogP contribution >= 0.6 is 0 Å². The van der Waals surface area contributed by atoms with Crippen molar-refractivity contribution in [1.82, 2.24) is 9.80 Å². The topological polar surface area (TPSA) is 42.0 Å². The number of hydrogen-bond donors (Lipinski definition) is 0. The first-order chi connectivity index (χ1) is 14.2. The second-order valence-corrected chi connectivity index (χ2v) is 8.54. The van der Waals surface area contributed by atoms with E-state index in [-0.39, 0.29) is 30.5 Å². The molecule has 150 valence electrons. The van der Waals surface area contributed by atoms with Crippen molar-refractivity contribution in [2.45, 2.75) is 30.8 Å². The molecule has 7 rings (SSSR count). The number of fused-ring (bicyclic) bond motifs is 3. The predicted octanol–water partition coefficient (Wildman–Crippen LogP) is 3.26. The molecule has 5 heterocycles. The van der Waals surface area contributed by atoms with Crippen LogP contribution in [0.2, 0.25) is 0 Å². The Hall–Kier alpha value is -2.60. The molecule has 5 aliphatic rings. The Morgan fingerprint density at radius 3 is 2.52 bits per heavy atom. The summed E-state index contributed by atoms with van der Waals surface area (Å²) in [5.41, 5.74) is 1.76. The maximum absolute atomic E-state index is 13.6. The Labute approximate surface area is 169 Å². The largest absolute Gasteiger partial charge is 0.454 e. The SMILES string of the molecule is O=C(c1ccc2c(c1)OCO2)N1C[C@@H](c2ccc(F)cc2)[C@@H]2[C@H]1C1CCN2CC1. The van der Waals surface area contributed by atoms with E-state index >= 15 is 0 Å². The lowest BCUT2D eigenvalue weighted by atomic mass is 9.75. The second kappa shape index (κ2) is 6.46. The number of nitrogens with zero attached hydrogens (tertiary/aromatic N) is 2. The molecule has 0 aromatic heterocycles. The Morgan fingerprint density at radius 1 is 0.966 bits per heavy atom. The van der Waals surface area contributed by atoms with Crippen LogP contribution in [0.4, 0.5) is 4.39 Å². The molecular formula is C23H23FN2O3. The smallest absolute Gasteiger partial charge is 0.254 e. The molecule has 6 heteroatoms. The van der Waals surface area contributed by atoms with Crippen LogP contribution in [0.3, 0.4) is 0 Å². The van der Waals surface area contributed by atoms with Crippen molar-refractivity contribution in [3.63, 3.8) is 0 Å². The van der Waals surface area contributed by atoms with Crippen molar-refractivity contribution in [3.05, 3.63) is 59.4 Å². The maximum Gasteiger partial charge on any atom is 0.254 e. The zero-order valence-electron chi connectivity index (χ0n) is 16.1. The summed E-state index contributed by atoms with van der Waals surface area (Å²) < 4.78 is 24.4. The van der Waals surface area contributed by atoms with Gasteiger partial charge in [0.1, 0.15) is 5.82 Å². The van der Waals surface area contributed by atoms with Crippen LogP contribution in [0.15, 0.2) is 42.5 Å². The summed E-state index contributed by atoms with van der Waals surface area (Å²) in [6.07, 6.45) is 2.28. The summed E-state index contributed by atoms with van der Waals surface area (Å²) in [5.74, 6) is 1.90. The first-order valence-electron chi connectivity index (χ1n) is 10.4. The van der Waals surface area contributed by atoms with E-state index in [2.05, 4.69) is 9.80 Å². The van der Waals surface area contributed by atoms with Gasteiger partial charge in [-0.1, -0.05) is 12.1 Å². The number of likely N-dealkylation sites (tertiary alicyclic amines) is 1. The van der Waals surface area contributed by atoms with E-state index in [1.165, 1.54) is 12.1 Å². The first-order valence-corrected chi connectivity index (χ1v) is 10.4. The molecule has 4 fully saturated rings. The van der Waals surface area contributed by atoms with E-state index in [4.69, 9.17) is 9.47 Å². The van der Waals surface area contributed by atoms with Gasteiger partial charge in [0.25, 0.3) is 5.91 Å². The van der Waals surface area contributed by atoms with Crippen molar-refractivity contribution < 1.29 is 18.7 Å². The summed E-state index contributed by atoms with van der Waals surface area (Å²) in [6.45, 7) is 3.05. The third kappa shape index (κ3) is 2.65. The fourth-order valence-electron chi connectivity index (χ4n) is 5.85. The van der Waals surface area contributed by atoms with Crippen LogP contribution in [0.25, 0.3) is 0 Å². The Kier molecular flexibility index (Phi) is 3.85. The summed E-state index contributed by atoms with van der Waals surface area (Å²) in [5, 5.41) is 0. The summed E-state index contributed by atoms with van der Waals surface area (Å²) in [6, 6.07) is 12.8. The Bertz CT molecular complexity index is 955. The van der Waals surface area contributed by atoms with E-state index < -0.39 is 0 Å². The fourth-order valence-corrected chi connectivity index (χ4v) is 5.85. The Morgan fingerprint density at radius 2 is 1.72 bits per heavy atom. The van der Waals surface area contributed by atoms with Crippen LogP contribution in [0.5, 0.6) is 11.5 Å². The highest BCUT2D eigenvalue weighted by atomic mass is 19.1. The predicted molar refractivity (Wildman–Crippen MR) is 105 cm³/mol. The number of ether oxygens (including phenoxy) is 2. The molecule has 5 nitrogen and oxygen atoms in total. The summed E-state index contributed by atoms with van der Waals surface area (Å²) in [7, 11) is 0. The molecule has 29 heavy (non-hydrogen) atoms. The molecule has 0 N–H and O–H groups in total. The van der Waals surface area contributed by atoms with Crippen LogP contribution in [0, 0.1) is 11.7 Å². The number of halogens is 1. The molecule has 4 saturated heterocycles. The van der Waals surface area contributed by atoms with Crippen LogP contribution in [-0.4, -0.2) is 54.2 Å². The highest BCUT2D eigenvalue weighted by molar-refractivity contribution is 5.95. The minimum absolute atomic E-state index is 0.0525. The molecule has 0 aliphatic carbocycles.